The van der Waals surface area contributed by atoms with Gasteiger partial charge in [-0.15, -0.1) is 0 Å². The fraction of sp³-hybridized carbons (Fsp3) is 0.308. The third kappa shape index (κ3) is 5.40. The molecule has 0 spiro atoms. The van der Waals surface area contributed by atoms with Gasteiger partial charge in [0.2, 0.25) is 17.7 Å². The number of hydrogen-bond acceptors (Lipinski definition) is 5. The highest BCUT2D eigenvalue weighted by atomic mass is 19.1. The smallest absolute Gasteiger partial charge is 0.255 e. The van der Waals surface area contributed by atoms with Gasteiger partial charge in [-0.3, -0.25) is 24.5 Å². The third-order valence-electron chi connectivity index (χ3n) is 5.96. The first-order valence-corrected chi connectivity index (χ1v) is 11.5. The summed E-state index contributed by atoms with van der Waals surface area (Å²) < 4.78 is 20.7. The summed E-state index contributed by atoms with van der Waals surface area (Å²) in [5, 5.41) is 4.87. The normalized spacial score (nSPS) is 17.5. The van der Waals surface area contributed by atoms with Crippen LogP contribution in [0.5, 0.6) is 5.75 Å². The Labute approximate surface area is 202 Å². The molecular weight excluding hydrogens is 453 g/mol. The van der Waals surface area contributed by atoms with Gasteiger partial charge >= 0.3 is 0 Å². The maximum absolute atomic E-state index is 15.2. The number of hydrogen-bond donors (Lipinski definition) is 2. The molecule has 2 aliphatic rings. The van der Waals surface area contributed by atoms with Gasteiger partial charge in [-0.25, -0.2) is 4.39 Å². The second-order valence-electron chi connectivity index (χ2n) is 8.43. The molecule has 2 aromatic carbocycles. The average Bonchev–Trinajstić information content (AvgIpc) is 3.18. The Kier molecular flexibility index (Phi) is 7.24. The molecule has 1 saturated heterocycles. The highest BCUT2D eigenvalue weighted by Gasteiger charge is 2.40. The Morgan fingerprint density at radius 2 is 1.97 bits per heavy atom. The van der Waals surface area contributed by atoms with E-state index in [1.807, 2.05) is 31.2 Å². The van der Waals surface area contributed by atoms with Crippen LogP contribution in [-0.2, 0) is 27.5 Å². The molecule has 8 nitrogen and oxygen atoms in total. The summed E-state index contributed by atoms with van der Waals surface area (Å²) in [4.78, 5) is 49.8. The molecular formula is C26H26FN3O5. The second kappa shape index (κ2) is 10.5. The first-order valence-electron chi connectivity index (χ1n) is 11.5. The van der Waals surface area contributed by atoms with E-state index in [1.165, 1.54) is 23.1 Å². The predicted molar refractivity (Wildman–Crippen MR) is 126 cm³/mol. The number of halogens is 1. The van der Waals surface area contributed by atoms with Crippen LogP contribution in [0.4, 0.5) is 4.39 Å². The van der Waals surface area contributed by atoms with E-state index in [4.69, 9.17) is 4.74 Å². The Hall–Kier alpha value is -4.01. The molecule has 0 radical (unpaired) electrons. The van der Waals surface area contributed by atoms with E-state index in [-0.39, 0.29) is 48.5 Å². The predicted octanol–water partition coefficient (Wildman–Crippen LogP) is 2.71. The van der Waals surface area contributed by atoms with E-state index in [0.717, 1.165) is 17.7 Å². The summed E-state index contributed by atoms with van der Waals surface area (Å²) in [7, 11) is 0. The van der Waals surface area contributed by atoms with Gasteiger partial charge in [0, 0.05) is 35.7 Å². The van der Waals surface area contributed by atoms with E-state index in [2.05, 4.69) is 10.6 Å². The van der Waals surface area contributed by atoms with Gasteiger partial charge in [0.25, 0.3) is 5.91 Å². The highest BCUT2D eigenvalue weighted by molar-refractivity contribution is 6.05. The molecule has 2 heterocycles. The van der Waals surface area contributed by atoms with Crippen LogP contribution >= 0.6 is 0 Å². The maximum Gasteiger partial charge on any atom is 0.255 e. The number of nitrogens with zero attached hydrogens (tertiary/aromatic N) is 1. The molecule has 182 valence electrons. The lowest BCUT2D eigenvalue weighted by Crippen LogP contribution is -2.52. The van der Waals surface area contributed by atoms with Crippen molar-refractivity contribution >= 4 is 29.7 Å². The second-order valence-corrected chi connectivity index (χ2v) is 8.43. The molecule has 4 rings (SSSR count). The van der Waals surface area contributed by atoms with E-state index in [1.54, 1.807) is 6.08 Å². The lowest BCUT2D eigenvalue weighted by atomic mass is 10.0. The number of nitrogens with one attached hydrogen (secondary N) is 2. The van der Waals surface area contributed by atoms with Gasteiger partial charge in [-0.1, -0.05) is 25.1 Å². The van der Waals surface area contributed by atoms with Crippen LogP contribution in [0.2, 0.25) is 0 Å². The highest BCUT2D eigenvalue weighted by Crippen LogP contribution is 2.30. The molecule has 2 N–H and O–H groups in total. The molecule has 4 amide bonds. The number of carbonyl (C=O) groups is 4. The minimum absolute atomic E-state index is 0.0569. The van der Waals surface area contributed by atoms with Crippen LogP contribution in [0.3, 0.4) is 0 Å². The number of amides is 4. The molecule has 2 aromatic rings. The molecule has 1 unspecified atom stereocenters. The Balaban J connectivity index is 1.36. The number of rotatable bonds is 8. The molecule has 0 aromatic heterocycles. The van der Waals surface area contributed by atoms with Crippen LogP contribution in [0.25, 0.3) is 6.08 Å². The largest absolute Gasteiger partial charge is 0.494 e. The zero-order valence-electron chi connectivity index (χ0n) is 19.3. The molecule has 1 fully saturated rings. The van der Waals surface area contributed by atoms with Crippen molar-refractivity contribution in [3.8, 4) is 5.75 Å². The summed E-state index contributed by atoms with van der Waals surface area (Å²) in [6.45, 7) is 2.55. The zero-order chi connectivity index (χ0) is 24.9. The molecule has 1 atom stereocenters. The summed E-state index contributed by atoms with van der Waals surface area (Å²) >= 11 is 0. The first-order chi connectivity index (χ1) is 16.9. The number of ether oxygens (including phenoxy) is 1. The SMILES string of the molecule is CCCOc1ccc(/C=C/C(=O)NCc2ccc3c(c2F)CN(C2CCC(=O)NC2=O)C3=O)cc1. The van der Waals surface area contributed by atoms with Gasteiger partial charge in [0.15, 0.2) is 0 Å². The molecule has 2 aliphatic heterocycles. The molecule has 0 saturated carbocycles. The third-order valence-corrected chi connectivity index (χ3v) is 5.96. The van der Waals surface area contributed by atoms with Crippen LogP contribution in [-0.4, -0.2) is 41.2 Å². The number of imide groups is 1. The number of fused-ring (bicyclic) bond motifs is 1. The van der Waals surface area contributed by atoms with Gasteiger partial charge in [0.1, 0.15) is 17.6 Å². The fourth-order valence-electron chi connectivity index (χ4n) is 4.10. The summed E-state index contributed by atoms with van der Waals surface area (Å²) in [6, 6.07) is 9.47. The summed E-state index contributed by atoms with van der Waals surface area (Å²) in [5.41, 5.74) is 1.43. The minimum atomic E-state index is -0.812. The van der Waals surface area contributed by atoms with Crippen molar-refractivity contribution in [1.82, 2.24) is 15.5 Å². The van der Waals surface area contributed by atoms with Crippen molar-refractivity contribution in [2.75, 3.05) is 6.61 Å². The Bertz CT molecular complexity index is 1190. The number of carbonyl (C=O) groups excluding carboxylic acids is 4. The van der Waals surface area contributed by atoms with E-state index in [9.17, 15) is 19.2 Å². The van der Waals surface area contributed by atoms with Gasteiger partial charge in [-0.05, 0) is 42.7 Å². The summed E-state index contributed by atoms with van der Waals surface area (Å²) in [6.07, 6.45) is 4.26. The number of piperidine rings is 1. The topological polar surface area (TPSA) is 105 Å². The van der Waals surface area contributed by atoms with E-state index >= 15 is 4.39 Å². The lowest BCUT2D eigenvalue weighted by Gasteiger charge is -2.29. The molecule has 9 heteroatoms. The fourth-order valence-corrected chi connectivity index (χ4v) is 4.10. The minimum Gasteiger partial charge on any atom is -0.494 e. The zero-order valence-corrected chi connectivity index (χ0v) is 19.3. The van der Waals surface area contributed by atoms with Crippen LogP contribution in [0.1, 0.15) is 53.2 Å². The van der Waals surface area contributed by atoms with Crippen molar-refractivity contribution in [2.45, 2.75) is 45.3 Å². The van der Waals surface area contributed by atoms with Crippen molar-refractivity contribution in [1.29, 1.82) is 0 Å². The van der Waals surface area contributed by atoms with Crippen molar-refractivity contribution in [3.63, 3.8) is 0 Å². The number of benzene rings is 2. The maximum atomic E-state index is 15.2. The van der Waals surface area contributed by atoms with Crippen LogP contribution < -0.4 is 15.4 Å². The standard InChI is InChI=1S/C26H26FN3O5/c1-2-13-35-18-7-3-16(4-8-18)5-11-22(31)28-14-17-6-9-19-20(24(17)27)15-30(26(19)34)21-10-12-23(32)29-25(21)33/h3-9,11,21H,2,10,12-15H2,1H3,(H,28,31)(H,29,32,33)/b11-5+. The molecule has 35 heavy (non-hydrogen) atoms. The van der Waals surface area contributed by atoms with Crippen molar-refractivity contribution in [2.24, 2.45) is 0 Å². The van der Waals surface area contributed by atoms with Crippen LogP contribution in [0, 0.1) is 5.82 Å². The van der Waals surface area contributed by atoms with Gasteiger partial charge < -0.3 is 15.0 Å². The quantitative estimate of drug-likeness (QED) is 0.448. The lowest BCUT2D eigenvalue weighted by molar-refractivity contribution is -0.137. The monoisotopic (exact) mass is 479 g/mol. The van der Waals surface area contributed by atoms with Crippen LogP contribution in [0.15, 0.2) is 42.5 Å². The first kappa shape index (κ1) is 24.1. The Morgan fingerprint density at radius 3 is 2.69 bits per heavy atom. The molecule has 0 aliphatic carbocycles. The van der Waals surface area contributed by atoms with E-state index < -0.39 is 29.6 Å². The average molecular weight is 480 g/mol. The summed E-state index contributed by atoms with van der Waals surface area (Å²) in [5.74, 6) is -1.60. The van der Waals surface area contributed by atoms with Crippen molar-refractivity contribution in [3.05, 3.63) is 70.5 Å². The molecule has 0 bridgehead atoms. The van der Waals surface area contributed by atoms with Gasteiger partial charge in [-0.2, -0.15) is 0 Å². The Morgan fingerprint density at radius 1 is 1.20 bits per heavy atom. The van der Waals surface area contributed by atoms with Crippen molar-refractivity contribution < 1.29 is 28.3 Å². The van der Waals surface area contributed by atoms with Gasteiger partial charge in [0.05, 0.1) is 13.2 Å². The van der Waals surface area contributed by atoms with E-state index in [0.29, 0.717) is 6.61 Å².